The Hall–Kier alpha value is -0.830. The van der Waals surface area contributed by atoms with Crippen LogP contribution in [0.2, 0.25) is 0 Å². The Morgan fingerprint density at radius 1 is 1.43 bits per heavy atom. The summed E-state index contributed by atoms with van der Waals surface area (Å²) >= 11 is 0. The van der Waals surface area contributed by atoms with Crippen LogP contribution >= 0.6 is 0 Å². The van der Waals surface area contributed by atoms with E-state index in [9.17, 15) is 0 Å². The molecule has 0 saturated heterocycles. The van der Waals surface area contributed by atoms with Gasteiger partial charge in [0.25, 0.3) is 0 Å². The lowest BCUT2D eigenvalue weighted by Crippen LogP contribution is -2.08. The van der Waals surface area contributed by atoms with Crippen LogP contribution in [0.4, 0.5) is 0 Å². The first-order valence-corrected chi connectivity index (χ1v) is 5.53. The molecule has 3 heteroatoms. The first kappa shape index (κ1) is 9.71. The number of fused-ring (bicyclic) bond motifs is 1. The third-order valence-electron chi connectivity index (χ3n) is 2.91. The summed E-state index contributed by atoms with van der Waals surface area (Å²) in [6.45, 7) is 5.09. The van der Waals surface area contributed by atoms with Crippen LogP contribution in [0.15, 0.2) is 0 Å². The first-order valence-electron chi connectivity index (χ1n) is 5.53. The lowest BCUT2D eigenvalue weighted by Gasteiger charge is -2.08. The Labute approximate surface area is 85.3 Å². The topological polar surface area (TPSA) is 43.8 Å². The third-order valence-corrected chi connectivity index (χ3v) is 2.91. The second kappa shape index (κ2) is 3.73. The third kappa shape index (κ3) is 1.46. The van der Waals surface area contributed by atoms with Gasteiger partial charge in [-0.15, -0.1) is 0 Å². The van der Waals surface area contributed by atoms with Gasteiger partial charge in [-0.1, -0.05) is 0 Å². The molecule has 0 fully saturated rings. The van der Waals surface area contributed by atoms with Gasteiger partial charge in [0.1, 0.15) is 0 Å². The minimum atomic E-state index is 0.480. The molecule has 0 aliphatic heterocycles. The number of nitrogens with zero attached hydrogens (tertiary/aromatic N) is 2. The minimum absolute atomic E-state index is 0.480. The molecule has 1 aliphatic carbocycles. The standard InChI is InChI=1S/C11H19N3/c1-8(2)14-11-5-3-4-9(11)10(13-14)6-7-12/h8H,3-7,12H2,1-2H3. The van der Waals surface area contributed by atoms with Crippen molar-refractivity contribution in [2.24, 2.45) is 5.73 Å². The van der Waals surface area contributed by atoms with E-state index in [1.807, 2.05) is 0 Å². The van der Waals surface area contributed by atoms with Crippen molar-refractivity contribution in [2.75, 3.05) is 6.54 Å². The van der Waals surface area contributed by atoms with Gasteiger partial charge in [0.15, 0.2) is 0 Å². The molecule has 0 unspecified atom stereocenters. The number of hydrogen-bond donors (Lipinski definition) is 1. The van der Waals surface area contributed by atoms with E-state index in [0.717, 1.165) is 6.42 Å². The molecule has 0 aromatic carbocycles. The van der Waals surface area contributed by atoms with Crippen LogP contribution in [-0.2, 0) is 19.3 Å². The molecule has 2 rings (SSSR count). The van der Waals surface area contributed by atoms with Gasteiger partial charge in [-0.3, -0.25) is 4.68 Å². The van der Waals surface area contributed by atoms with Crippen LogP contribution in [-0.4, -0.2) is 16.3 Å². The smallest absolute Gasteiger partial charge is 0.0672 e. The van der Waals surface area contributed by atoms with Crippen molar-refractivity contribution in [1.82, 2.24) is 9.78 Å². The van der Waals surface area contributed by atoms with Crippen LogP contribution in [0, 0.1) is 0 Å². The maximum Gasteiger partial charge on any atom is 0.0672 e. The van der Waals surface area contributed by atoms with E-state index < -0.39 is 0 Å². The molecule has 3 nitrogen and oxygen atoms in total. The van der Waals surface area contributed by atoms with Gasteiger partial charge >= 0.3 is 0 Å². The normalized spacial score (nSPS) is 15.1. The van der Waals surface area contributed by atoms with Crippen molar-refractivity contribution in [3.8, 4) is 0 Å². The Bertz CT molecular complexity index is 326. The molecule has 1 aliphatic rings. The summed E-state index contributed by atoms with van der Waals surface area (Å²) in [5, 5.41) is 4.66. The number of aromatic nitrogens is 2. The molecule has 1 aromatic rings. The molecule has 0 radical (unpaired) electrons. The van der Waals surface area contributed by atoms with Gasteiger partial charge < -0.3 is 5.73 Å². The number of hydrogen-bond acceptors (Lipinski definition) is 2. The monoisotopic (exact) mass is 193 g/mol. The Morgan fingerprint density at radius 2 is 2.21 bits per heavy atom. The second-order valence-electron chi connectivity index (χ2n) is 4.30. The highest BCUT2D eigenvalue weighted by Crippen LogP contribution is 2.27. The summed E-state index contributed by atoms with van der Waals surface area (Å²) in [7, 11) is 0. The zero-order valence-corrected chi connectivity index (χ0v) is 9.08. The van der Waals surface area contributed by atoms with Gasteiger partial charge in [-0.2, -0.15) is 5.10 Å². The van der Waals surface area contributed by atoms with E-state index in [4.69, 9.17) is 5.73 Å². The van der Waals surface area contributed by atoms with E-state index in [1.165, 1.54) is 36.2 Å². The number of nitrogens with two attached hydrogens (primary N) is 1. The summed E-state index contributed by atoms with van der Waals surface area (Å²) in [5.74, 6) is 0. The fourth-order valence-corrected chi connectivity index (χ4v) is 2.31. The molecule has 14 heavy (non-hydrogen) atoms. The summed E-state index contributed by atoms with van der Waals surface area (Å²) < 4.78 is 2.19. The average Bonchev–Trinajstić information content (AvgIpc) is 2.67. The van der Waals surface area contributed by atoms with E-state index in [2.05, 4.69) is 23.6 Å². The predicted molar refractivity (Wildman–Crippen MR) is 57.4 cm³/mol. The van der Waals surface area contributed by atoms with Crippen LogP contribution in [0.5, 0.6) is 0 Å². The molecule has 1 heterocycles. The fourth-order valence-electron chi connectivity index (χ4n) is 2.31. The number of rotatable bonds is 3. The van der Waals surface area contributed by atoms with E-state index in [1.54, 1.807) is 0 Å². The molecule has 0 atom stereocenters. The SMILES string of the molecule is CC(C)n1nc(CCN)c2c1CCC2. The molecule has 0 bridgehead atoms. The van der Waals surface area contributed by atoms with Crippen molar-refractivity contribution in [2.45, 2.75) is 45.6 Å². The van der Waals surface area contributed by atoms with Gasteiger partial charge in [0.2, 0.25) is 0 Å². The Morgan fingerprint density at radius 3 is 2.86 bits per heavy atom. The van der Waals surface area contributed by atoms with Gasteiger partial charge in [-0.25, -0.2) is 0 Å². The highest BCUT2D eigenvalue weighted by Gasteiger charge is 2.22. The van der Waals surface area contributed by atoms with Crippen molar-refractivity contribution >= 4 is 0 Å². The molecule has 1 aromatic heterocycles. The zero-order chi connectivity index (χ0) is 10.1. The fraction of sp³-hybridized carbons (Fsp3) is 0.727. The molecular weight excluding hydrogens is 174 g/mol. The lowest BCUT2D eigenvalue weighted by molar-refractivity contribution is 0.504. The quantitative estimate of drug-likeness (QED) is 0.789. The van der Waals surface area contributed by atoms with Gasteiger partial charge in [0, 0.05) is 18.2 Å². The first-order chi connectivity index (χ1) is 6.74. The maximum atomic E-state index is 5.59. The average molecular weight is 193 g/mol. The van der Waals surface area contributed by atoms with Gasteiger partial charge in [-0.05, 0) is 45.2 Å². The highest BCUT2D eigenvalue weighted by molar-refractivity contribution is 5.31. The van der Waals surface area contributed by atoms with E-state index in [-0.39, 0.29) is 0 Å². The predicted octanol–water partition coefficient (Wildman–Crippen LogP) is 1.45. The van der Waals surface area contributed by atoms with Crippen molar-refractivity contribution < 1.29 is 0 Å². The minimum Gasteiger partial charge on any atom is -0.330 e. The van der Waals surface area contributed by atoms with Gasteiger partial charge in [0.05, 0.1) is 5.69 Å². The highest BCUT2D eigenvalue weighted by atomic mass is 15.3. The summed E-state index contributed by atoms with van der Waals surface area (Å²) in [4.78, 5) is 0. The van der Waals surface area contributed by atoms with Crippen molar-refractivity contribution in [1.29, 1.82) is 0 Å². The molecule has 0 spiro atoms. The molecule has 78 valence electrons. The molecule has 0 saturated carbocycles. The van der Waals surface area contributed by atoms with Crippen LogP contribution in [0.25, 0.3) is 0 Å². The summed E-state index contributed by atoms with van der Waals surface area (Å²) in [6, 6.07) is 0.480. The van der Waals surface area contributed by atoms with Crippen molar-refractivity contribution in [3.63, 3.8) is 0 Å². The summed E-state index contributed by atoms with van der Waals surface area (Å²) in [6.07, 6.45) is 4.63. The zero-order valence-electron chi connectivity index (χ0n) is 9.08. The Kier molecular flexibility index (Phi) is 2.59. The van der Waals surface area contributed by atoms with Crippen LogP contribution in [0.3, 0.4) is 0 Å². The van der Waals surface area contributed by atoms with Crippen LogP contribution < -0.4 is 5.73 Å². The second-order valence-corrected chi connectivity index (χ2v) is 4.30. The summed E-state index contributed by atoms with van der Waals surface area (Å²) in [5.41, 5.74) is 9.79. The van der Waals surface area contributed by atoms with Crippen LogP contribution in [0.1, 0.15) is 43.3 Å². The Balaban J connectivity index is 2.39. The van der Waals surface area contributed by atoms with E-state index >= 15 is 0 Å². The lowest BCUT2D eigenvalue weighted by atomic mass is 10.1. The molecular formula is C11H19N3. The molecule has 2 N–H and O–H groups in total. The maximum absolute atomic E-state index is 5.59. The largest absolute Gasteiger partial charge is 0.330 e. The molecule has 0 amide bonds. The van der Waals surface area contributed by atoms with E-state index in [0.29, 0.717) is 12.6 Å². The van der Waals surface area contributed by atoms with Crippen molar-refractivity contribution in [3.05, 3.63) is 17.0 Å².